The van der Waals surface area contributed by atoms with Crippen molar-refractivity contribution in [3.05, 3.63) is 323 Å². The molecule has 6 heterocycles. The summed E-state index contributed by atoms with van der Waals surface area (Å²) in [6.07, 6.45) is 9.77. The Labute approximate surface area is 831 Å². The van der Waals surface area contributed by atoms with Crippen LogP contribution in [-0.4, -0.2) is 126 Å². The number of alkyl halides is 1. The fourth-order valence-corrected chi connectivity index (χ4v) is 16.8. The van der Waals surface area contributed by atoms with Crippen LogP contribution >= 0.6 is 0 Å². The first-order valence-corrected chi connectivity index (χ1v) is 46.0. The number of nitrogens with two attached hydrogens (primary N) is 1. The third-order valence-electron chi connectivity index (χ3n) is 24.2. The first-order valence-electron chi connectivity index (χ1n) is 46.7. The summed E-state index contributed by atoms with van der Waals surface area (Å²) in [5.41, 5.74) is 14.0. The van der Waals surface area contributed by atoms with Gasteiger partial charge < -0.3 is 61.1 Å². The van der Waals surface area contributed by atoms with E-state index in [-0.39, 0.29) is 152 Å². The van der Waals surface area contributed by atoms with Crippen molar-refractivity contribution in [3.63, 3.8) is 0 Å². The Kier molecular flexibility index (Phi) is 46.5. The third-order valence-corrected chi connectivity index (χ3v) is 24.2. The number of aliphatic carboxylic acids is 2. The van der Waals surface area contributed by atoms with Gasteiger partial charge in [-0.25, -0.2) is 4.79 Å². The van der Waals surface area contributed by atoms with Gasteiger partial charge in [-0.2, -0.15) is 0 Å². The van der Waals surface area contributed by atoms with E-state index in [0.717, 1.165) is 60.5 Å². The summed E-state index contributed by atoms with van der Waals surface area (Å²) in [6.45, 7) is 0.612. The van der Waals surface area contributed by atoms with Crippen molar-refractivity contribution in [3.8, 4) is 34.5 Å². The predicted molar refractivity (Wildman–Crippen MR) is 535 cm³/mol. The van der Waals surface area contributed by atoms with Gasteiger partial charge in [-0.05, 0) is 200 Å². The second kappa shape index (κ2) is 58.6. The molecule has 12 bridgehead atoms. The molecule has 12 aromatic rings. The van der Waals surface area contributed by atoms with Crippen molar-refractivity contribution < 1.29 is 122 Å². The van der Waals surface area contributed by atoms with Gasteiger partial charge in [0.1, 0.15) is 57.9 Å². The Morgan fingerprint density at radius 3 is 0.971 bits per heavy atom. The zero-order valence-electron chi connectivity index (χ0n) is 79.1. The van der Waals surface area contributed by atoms with Gasteiger partial charge in [-0.15, -0.1) is 0 Å². The number of benzene rings is 12. The summed E-state index contributed by atoms with van der Waals surface area (Å²) in [5, 5.41) is 34.2. The van der Waals surface area contributed by atoms with Crippen molar-refractivity contribution in [2.24, 2.45) is 23.5 Å². The number of nitrogens with one attached hydrogen (secondary N) is 3. The van der Waals surface area contributed by atoms with E-state index in [1.165, 1.54) is 62.7 Å². The molecule has 8 N–H and O–H groups in total. The van der Waals surface area contributed by atoms with Crippen molar-refractivity contribution in [2.75, 3.05) is 21.4 Å². The van der Waals surface area contributed by atoms with Crippen LogP contribution in [0.15, 0.2) is 273 Å². The standard InChI is InChI=1S/C36H35NO6.C35H33NO6.C24H25NO7.C11H11N.C5H10.CH3F.2CH4.Li.H2O/c1-42-35(40)23-28-22-29(38)16-12-24-6-4-10-31(20-24)43-30-17-13-25(14-18-30)21-33(37-36(28)41)34(39)19-15-27-9-5-8-26-7-2-3-11-32(26)27;37-28-15-11-23-5-3-9-30(19-23)42-29-16-12-24(13-17-29)20-32(36-35(41)27(21-28)22-34(39)40)33(38)18-14-26-8-4-7-25-6-1-2-10-31(25)26;1-31-22(27)14-17-13-18(26)8-5-15-3-2-4-20(11-15)32-19-9-6-16(7-10-19)12-21(24(29)30)25-23(17)28;12-8-10-6-3-5-9-4-1-2-7-11(9)10;1-2-4-5-3-1;1-2;;;;/h2-11,13-14,17-18,20,28,33H,12,15-16,19,21-23H2,1H3,(H,37,41);1-10,12-13,16-17,19,27,32H,11,14-15,18,20-22H2,(H,36,41)(H,39,40);2-4,6-7,9-11,17,21H,5,8,12-14H2,1H3,(H,25,28)(H,29,30);1-7H,8,12H2;1-5H2;1H3;2*1H4;;1H2/q;;;;;;;;+1;/p-1/t28-,33-;27-,32-;17-,21-;;;;;;;/m000......./s1/i;;;;;1D;;;;. The predicted octanol–water partition coefficient (Wildman–Crippen LogP) is 17.4. The summed E-state index contributed by atoms with van der Waals surface area (Å²) in [5.74, 6) is -5.49. The van der Waals surface area contributed by atoms with Gasteiger partial charge in [-0.1, -0.05) is 247 Å². The summed E-state index contributed by atoms with van der Waals surface area (Å²) in [4.78, 5) is 153. The average Bonchev–Trinajstić information content (AvgIpc) is 1.31. The molecular weight excluding hydrogens is 1770 g/mol. The van der Waals surface area contributed by atoms with Crippen molar-refractivity contribution in [1.82, 2.24) is 16.0 Å². The van der Waals surface area contributed by atoms with Crippen LogP contribution in [0.2, 0.25) is 0 Å². The Bertz CT molecular complexity index is 6130. The van der Waals surface area contributed by atoms with Crippen molar-refractivity contribution in [2.45, 2.75) is 194 Å². The quantitative estimate of drug-likeness (QED) is 0.0386. The number of aryl methyl sites for hydroxylation is 5. The van der Waals surface area contributed by atoms with Gasteiger partial charge in [0.15, 0.2) is 11.6 Å². The number of hydrogen-bond acceptors (Lipinski definition) is 19. The van der Waals surface area contributed by atoms with Crippen molar-refractivity contribution >= 4 is 103 Å². The van der Waals surface area contributed by atoms with E-state index in [1.54, 1.807) is 24.3 Å². The minimum absolute atomic E-state index is 0. The maximum atomic E-state index is 13.7. The van der Waals surface area contributed by atoms with Crippen molar-refractivity contribution in [1.29, 1.82) is 0 Å². The molecule has 0 saturated heterocycles. The molecule has 1 saturated carbocycles. The number of halogens is 1. The molecule has 24 nitrogen and oxygen atoms in total. The van der Waals surface area contributed by atoms with Crippen LogP contribution in [-0.2, 0) is 125 Å². The number of Topliss-reactive ketones (excluding diaryl/α,β-unsaturated/α-hetero) is 5. The number of methoxy groups -OCH3 is 2. The van der Waals surface area contributed by atoms with E-state index in [0.29, 0.717) is 78.7 Å². The number of carbonyl (C=O) groups excluding carboxylic acids is 10. The molecule has 19 rings (SSSR count). The van der Waals surface area contributed by atoms with E-state index >= 15 is 0 Å². The van der Waals surface area contributed by atoms with Crippen LogP contribution in [0, 0.1) is 17.8 Å². The maximum Gasteiger partial charge on any atom is 1.00 e. The van der Waals surface area contributed by atoms with Crippen LogP contribution in [0.4, 0.5) is 4.39 Å². The van der Waals surface area contributed by atoms with Crippen LogP contribution in [0.1, 0.15) is 169 Å². The molecule has 7 aliphatic rings. The number of ether oxygens (including phenoxy) is 5. The smallest absolute Gasteiger partial charge is 0.870 e. The second-order valence-electron chi connectivity index (χ2n) is 34.1. The molecule has 6 atom stereocenters. The molecular formula is C114H126FLiN4O20. The number of carboxylic acids is 2. The van der Waals surface area contributed by atoms with Crippen LogP contribution in [0.25, 0.3) is 32.3 Å². The molecule has 1 fully saturated rings. The third kappa shape index (κ3) is 35.7. The van der Waals surface area contributed by atoms with Gasteiger partial charge in [0, 0.05) is 64.3 Å². The number of carboxylic acid groups (broad SMARTS) is 2. The van der Waals surface area contributed by atoms with E-state index in [1.807, 2.05) is 224 Å². The molecule has 0 spiro atoms. The topological polar surface area (TPSA) is 384 Å². The zero-order valence-corrected chi connectivity index (χ0v) is 78.1. The molecule has 0 radical (unpaired) electrons. The molecule has 12 aromatic carbocycles. The summed E-state index contributed by atoms with van der Waals surface area (Å²) in [6, 6.07) is 83.7. The number of ketones is 5. The minimum atomic E-state index is -1.21. The fraction of sp³-hybridized carbons (Fsp3) is 0.316. The summed E-state index contributed by atoms with van der Waals surface area (Å²) < 4.78 is 42.9. The Hall–Kier alpha value is -14.1. The van der Waals surface area contributed by atoms with Crippen LogP contribution in [0.5, 0.6) is 34.5 Å². The Morgan fingerprint density at radius 2 is 0.657 bits per heavy atom. The number of rotatable bonds is 16. The largest absolute Gasteiger partial charge is 1.00 e. The van der Waals surface area contributed by atoms with E-state index in [2.05, 4.69) is 45.0 Å². The second-order valence-corrected chi connectivity index (χ2v) is 34.1. The SMILES string of the molecule is C.C.C1CCCC1.COC(=O)C[C@@H]1CC(=O)CCc2cccc(c2)Oc2ccc(cc2)C[C@@H](C(=O)CCc2cccc3ccccc23)NC1=O.COC(=O)C[C@@H]1CC(=O)CCc2cccc(c2)Oc2ccc(cc2)C[C@@H](C(=O)O)NC1=O.NCc1cccc2ccccc12.O=C(O)C[C@@H]1CC(=O)CCc2cccc(c2)Oc2ccc(cc2)C[C@@H](C(=O)CCc2cccc3ccccc23)NC1=O.[2H]CF.[Li+].[OH-]. The fourth-order valence-electron chi connectivity index (χ4n) is 16.8. The average molecular weight is 1900 g/mol. The Balaban J connectivity index is 0.000000259. The van der Waals surface area contributed by atoms with Gasteiger partial charge in [0.05, 0.1) is 71.8 Å². The normalized spacial score (nSPS) is 17.0. The zero-order chi connectivity index (χ0) is 97.4. The first-order chi connectivity index (χ1) is 66.4. The van der Waals surface area contributed by atoms with Gasteiger partial charge in [0.25, 0.3) is 0 Å². The number of carbonyl (C=O) groups is 12. The van der Waals surface area contributed by atoms with Crippen LogP contribution < -0.4 is 54.8 Å². The van der Waals surface area contributed by atoms with Crippen LogP contribution in [0.3, 0.4) is 0 Å². The molecule has 0 unspecified atom stereocenters. The number of fused-ring (bicyclic) bond motifs is 33. The van der Waals surface area contributed by atoms with Gasteiger partial charge in [0.2, 0.25) is 17.7 Å². The Morgan fingerprint density at radius 1 is 0.371 bits per heavy atom. The maximum absolute atomic E-state index is 13.7. The molecule has 0 aromatic heterocycles. The molecule has 1 aliphatic carbocycles. The number of esters is 2. The van der Waals surface area contributed by atoms with Gasteiger partial charge in [-0.3, -0.25) is 57.1 Å². The van der Waals surface area contributed by atoms with E-state index < -0.39 is 91.1 Å². The summed E-state index contributed by atoms with van der Waals surface area (Å²) >= 11 is 0. The molecule has 6 aliphatic heterocycles. The van der Waals surface area contributed by atoms with E-state index in [4.69, 9.17) is 26.1 Å². The molecule has 26 heteroatoms. The van der Waals surface area contributed by atoms with Gasteiger partial charge >= 0.3 is 42.7 Å². The number of amides is 3. The first kappa shape index (κ1) is 111. The number of hydrogen-bond donors (Lipinski definition) is 6. The monoisotopic (exact) mass is 1900 g/mol. The molecule has 3 amide bonds. The van der Waals surface area contributed by atoms with E-state index in [9.17, 15) is 72.1 Å². The molecule has 730 valence electrons. The summed E-state index contributed by atoms with van der Waals surface area (Å²) in [7, 11) is 1.44. The molecule has 140 heavy (non-hydrogen) atoms. The minimum Gasteiger partial charge on any atom is -0.870 e.